The number of imidazole rings is 1. The van der Waals surface area contributed by atoms with E-state index in [-0.39, 0.29) is 5.91 Å². The van der Waals surface area contributed by atoms with Gasteiger partial charge in [-0.1, -0.05) is 48.5 Å². The third kappa shape index (κ3) is 3.59. The zero-order chi connectivity index (χ0) is 21.2. The Labute approximate surface area is 179 Å². The number of amides is 1. The van der Waals surface area contributed by atoms with Gasteiger partial charge < -0.3 is 9.30 Å². The molecule has 1 aromatic heterocycles. The molecule has 152 valence electrons. The molecule has 0 saturated heterocycles. The second kappa shape index (κ2) is 7.91. The minimum Gasteiger partial charge on any atom is -0.457 e. The van der Waals surface area contributed by atoms with Crippen LogP contribution in [0.3, 0.4) is 0 Å². The van der Waals surface area contributed by atoms with E-state index in [0.29, 0.717) is 11.5 Å². The minimum atomic E-state index is -0.485. The second-order valence-electron chi connectivity index (χ2n) is 7.30. The Morgan fingerprint density at radius 3 is 2.23 bits per heavy atom. The van der Waals surface area contributed by atoms with Gasteiger partial charge in [-0.25, -0.2) is 10.4 Å². The van der Waals surface area contributed by atoms with E-state index in [2.05, 4.69) is 15.5 Å². The minimum absolute atomic E-state index is 0.197. The highest BCUT2D eigenvalue weighted by Crippen LogP contribution is 2.43. The summed E-state index contributed by atoms with van der Waals surface area (Å²) < 4.78 is 7.90. The Balaban J connectivity index is 1.39. The Kier molecular flexibility index (Phi) is 4.80. The number of ether oxygens (including phenoxy) is 1. The van der Waals surface area contributed by atoms with E-state index >= 15 is 0 Å². The van der Waals surface area contributed by atoms with Crippen molar-refractivity contribution in [2.45, 2.75) is 12.8 Å². The number of carbonyl (C=O) groups is 1. The molecule has 4 aromatic rings. The van der Waals surface area contributed by atoms with E-state index in [4.69, 9.17) is 4.74 Å². The number of hydrogen-bond donors (Lipinski definition) is 1. The molecule has 0 atom stereocenters. The van der Waals surface area contributed by atoms with E-state index in [9.17, 15) is 4.79 Å². The molecule has 1 aliphatic heterocycles. The molecule has 0 spiro atoms. The maximum Gasteiger partial charge on any atom is 0.252 e. The quantitative estimate of drug-likeness (QED) is 0.395. The van der Waals surface area contributed by atoms with Crippen LogP contribution in [0.2, 0.25) is 0 Å². The van der Waals surface area contributed by atoms with Crippen LogP contribution in [0.5, 0.6) is 11.5 Å². The van der Waals surface area contributed by atoms with Gasteiger partial charge in [-0.2, -0.15) is 5.10 Å². The van der Waals surface area contributed by atoms with Crippen LogP contribution in [0.1, 0.15) is 29.5 Å². The highest BCUT2D eigenvalue weighted by atomic mass is 16.5. The Bertz CT molecular complexity index is 1220. The van der Waals surface area contributed by atoms with Gasteiger partial charge in [0.1, 0.15) is 11.5 Å². The summed E-state index contributed by atoms with van der Waals surface area (Å²) in [5, 5.41) is 4.36. The van der Waals surface area contributed by atoms with E-state index in [1.165, 1.54) is 0 Å². The van der Waals surface area contributed by atoms with E-state index in [0.717, 1.165) is 28.1 Å². The van der Waals surface area contributed by atoms with Crippen LogP contribution in [-0.2, 0) is 4.79 Å². The molecule has 1 amide bonds. The zero-order valence-electron chi connectivity index (χ0n) is 16.9. The Morgan fingerprint density at radius 2 is 1.61 bits per heavy atom. The van der Waals surface area contributed by atoms with Gasteiger partial charge in [0.15, 0.2) is 0 Å². The number of aromatic nitrogens is 2. The predicted molar refractivity (Wildman–Crippen MR) is 119 cm³/mol. The summed E-state index contributed by atoms with van der Waals surface area (Å²) in [6.07, 6.45) is 5.38. The number of nitrogens with zero attached hydrogens (tertiary/aromatic N) is 3. The molecule has 0 fully saturated rings. The normalized spacial score (nSPS) is 13.1. The van der Waals surface area contributed by atoms with Crippen LogP contribution in [-0.4, -0.2) is 21.2 Å². The van der Waals surface area contributed by atoms with E-state index in [1.807, 2.05) is 90.5 Å². The van der Waals surface area contributed by atoms with Gasteiger partial charge in [-0.05, 0) is 36.8 Å². The lowest BCUT2D eigenvalue weighted by Gasteiger charge is -2.26. The van der Waals surface area contributed by atoms with Crippen molar-refractivity contribution in [1.82, 2.24) is 15.0 Å². The highest BCUT2D eigenvalue weighted by molar-refractivity contribution is 6.00. The second-order valence-corrected chi connectivity index (χ2v) is 7.30. The van der Waals surface area contributed by atoms with Gasteiger partial charge >= 0.3 is 0 Å². The molecule has 0 bridgehead atoms. The van der Waals surface area contributed by atoms with Crippen molar-refractivity contribution in [2.75, 3.05) is 0 Å². The number of hydrazone groups is 1. The average Bonchev–Trinajstić information content (AvgIpc) is 3.36. The lowest BCUT2D eigenvalue weighted by molar-refractivity contribution is -0.121. The van der Waals surface area contributed by atoms with Crippen molar-refractivity contribution >= 4 is 11.6 Å². The van der Waals surface area contributed by atoms with Crippen LogP contribution in [0.4, 0.5) is 0 Å². The summed E-state index contributed by atoms with van der Waals surface area (Å²) in [6, 6.07) is 23.1. The maximum absolute atomic E-state index is 13.2. The molecule has 31 heavy (non-hydrogen) atoms. The van der Waals surface area contributed by atoms with Crippen LogP contribution in [0.25, 0.3) is 5.69 Å². The highest BCUT2D eigenvalue weighted by Gasteiger charge is 2.32. The number of benzene rings is 3. The number of fused-ring (bicyclic) bond motifs is 2. The van der Waals surface area contributed by atoms with E-state index in [1.54, 1.807) is 12.5 Å². The number of rotatable bonds is 4. The van der Waals surface area contributed by atoms with Gasteiger partial charge in [0, 0.05) is 29.2 Å². The van der Waals surface area contributed by atoms with Crippen molar-refractivity contribution in [3.63, 3.8) is 0 Å². The first-order chi connectivity index (χ1) is 15.2. The molecular formula is C25H20N4O2. The molecule has 6 nitrogen and oxygen atoms in total. The molecule has 6 heteroatoms. The van der Waals surface area contributed by atoms with Crippen LogP contribution in [0, 0.1) is 0 Å². The predicted octanol–water partition coefficient (Wildman–Crippen LogP) is 4.65. The molecule has 0 aliphatic carbocycles. The molecular weight excluding hydrogens is 388 g/mol. The number of hydrogen-bond acceptors (Lipinski definition) is 4. The number of carbonyl (C=O) groups excluding carboxylic acids is 1. The monoisotopic (exact) mass is 408 g/mol. The molecule has 2 heterocycles. The van der Waals surface area contributed by atoms with Gasteiger partial charge in [-0.15, -0.1) is 0 Å². The van der Waals surface area contributed by atoms with Crippen molar-refractivity contribution < 1.29 is 9.53 Å². The SMILES string of the molecule is C/C(=N\NC(=O)C1c2ccccc2Oc2ccccc21)c1ccc(-n2ccnc2)cc1. The standard InChI is InChI=1S/C25H20N4O2/c1-17(18-10-12-19(13-11-18)29-15-14-26-16-29)27-28-25(30)24-20-6-2-4-8-22(20)31-23-9-5-3-7-21(23)24/h2-16,24H,1H3,(H,28,30)/b27-17+. The lowest BCUT2D eigenvalue weighted by atomic mass is 9.87. The fraction of sp³-hybridized carbons (Fsp3) is 0.0800. The van der Waals surface area contributed by atoms with Gasteiger partial charge in [0.2, 0.25) is 0 Å². The summed E-state index contributed by atoms with van der Waals surface area (Å²) in [5.41, 5.74) is 7.07. The summed E-state index contributed by atoms with van der Waals surface area (Å²) in [7, 11) is 0. The molecule has 0 unspecified atom stereocenters. The first kappa shape index (κ1) is 18.8. The Morgan fingerprint density at radius 1 is 0.968 bits per heavy atom. The molecule has 1 N–H and O–H groups in total. The first-order valence-corrected chi connectivity index (χ1v) is 9.99. The fourth-order valence-corrected chi connectivity index (χ4v) is 3.75. The summed E-state index contributed by atoms with van der Waals surface area (Å²) in [4.78, 5) is 17.2. The van der Waals surface area contributed by atoms with Crippen LogP contribution in [0.15, 0.2) is 96.6 Å². The largest absolute Gasteiger partial charge is 0.457 e. The number of nitrogens with one attached hydrogen (secondary N) is 1. The maximum atomic E-state index is 13.2. The summed E-state index contributed by atoms with van der Waals surface area (Å²) >= 11 is 0. The van der Waals surface area contributed by atoms with Crippen molar-refractivity contribution in [3.8, 4) is 17.2 Å². The van der Waals surface area contributed by atoms with Crippen molar-refractivity contribution in [3.05, 3.63) is 108 Å². The van der Waals surface area contributed by atoms with Crippen molar-refractivity contribution in [1.29, 1.82) is 0 Å². The van der Waals surface area contributed by atoms with Crippen molar-refractivity contribution in [2.24, 2.45) is 5.10 Å². The first-order valence-electron chi connectivity index (χ1n) is 9.99. The zero-order valence-corrected chi connectivity index (χ0v) is 16.9. The molecule has 0 saturated carbocycles. The summed E-state index contributed by atoms with van der Waals surface area (Å²) in [5.74, 6) is 0.702. The van der Waals surface area contributed by atoms with E-state index < -0.39 is 5.92 Å². The third-order valence-electron chi connectivity index (χ3n) is 5.36. The molecule has 1 aliphatic rings. The van der Waals surface area contributed by atoms with Gasteiger partial charge in [0.25, 0.3) is 5.91 Å². The van der Waals surface area contributed by atoms with Crippen LogP contribution < -0.4 is 10.2 Å². The summed E-state index contributed by atoms with van der Waals surface area (Å²) in [6.45, 7) is 1.87. The molecule has 5 rings (SSSR count). The fourth-order valence-electron chi connectivity index (χ4n) is 3.75. The molecule has 3 aromatic carbocycles. The Hall–Kier alpha value is -4.19. The number of para-hydroxylation sites is 2. The lowest BCUT2D eigenvalue weighted by Crippen LogP contribution is -2.29. The molecule has 0 radical (unpaired) electrons. The van der Waals surface area contributed by atoms with Gasteiger partial charge in [0.05, 0.1) is 18.0 Å². The van der Waals surface area contributed by atoms with Crippen LogP contribution >= 0.6 is 0 Å². The smallest absolute Gasteiger partial charge is 0.252 e. The topological polar surface area (TPSA) is 68.5 Å². The average molecular weight is 408 g/mol. The third-order valence-corrected chi connectivity index (χ3v) is 5.36. The van der Waals surface area contributed by atoms with Gasteiger partial charge in [-0.3, -0.25) is 4.79 Å².